The van der Waals surface area contributed by atoms with E-state index in [0.29, 0.717) is 12.4 Å². The average Bonchev–Trinajstić information content (AvgIpc) is 2.21. The molecule has 0 amide bonds. The maximum Gasteiger partial charge on any atom is 0.134 e. The van der Waals surface area contributed by atoms with E-state index in [9.17, 15) is 0 Å². The molecular formula is C11H13NO. The number of ether oxygens (including phenoxy) is 1. The summed E-state index contributed by atoms with van der Waals surface area (Å²) in [5, 5.41) is 0. The van der Waals surface area contributed by atoms with Gasteiger partial charge in [0.1, 0.15) is 12.4 Å². The van der Waals surface area contributed by atoms with E-state index in [1.807, 2.05) is 30.3 Å². The Morgan fingerprint density at radius 1 is 1.38 bits per heavy atom. The van der Waals surface area contributed by atoms with Gasteiger partial charge in [-0.25, -0.2) is 0 Å². The predicted octanol–water partition coefficient (Wildman–Crippen LogP) is 2.19. The zero-order valence-electron chi connectivity index (χ0n) is 7.44. The zero-order valence-corrected chi connectivity index (χ0v) is 7.44. The predicted molar refractivity (Wildman–Crippen MR) is 53.7 cm³/mol. The van der Waals surface area contributed by atoms with Crippen molar-refractivity contribution in [1.82, 2.24) is 0 Å². The first-order chi connectivity index (χ1) is 6.36. The molecule has 0 aliphatic rings. The van der Waals surface area contributed by atoms with Crippen LogP contribution in [0.1, 0.15) is 5.56 Å². The summed E-state index contributed by atoms with van der Waals surface area (Å²) in [4.78, 5) is 0. The molecule has 0 heterocycles. The molecule has 68 valence electrons. The Kier molecular flexibility index (Phi) is 3.64. The van der Waals surface area contributed by atoms with Crippen molar-refractivity contribution in [3.63, 3.8) is 0 Å². The lowest BCUT2D eigenvalue weighted by molar-refractivity contribution is 0.210. The van der Waals surface area contributed by atoms with Crippen LogP contribution >= 0.6 is 0 Å². The van der Waals surface area contributed by atoms with Crippen LogP contribution in [0.3, 0.4) is 0 Å². The molecule has 0 atom stereocenters. The van der Waals surface area contributed by atoms with Gasteiger partial charge in [-0.05, 0) is 11.6 Å². The smallest absolute Gasteiger partial charge is 0.134 e. The highest BCUT2D eigenvalue weighted by Crippen LogP contribution is 2.05. The van der Waals surface area contributed by atoms with Gasteiger partial charge in [0.2, 0.25) is 0 Å². The Labute approximate surface area is 78.3 Å². The van der Waals surface area contributed by atoms with Crippen LogP contribution in [0.2, 0.25) is 0 Å². The van der Waals surface area contributed by atoms with Crippen molar-refractivity contribution in [2.45, 2.75) is 6.61 Å². The first kappa shape index (κ1) is 9.39. The molecular weight excluding hydrogens is 162 g/mol. The summed E-state index contributed by atoms with van der Waals surface area (Å²) < 4.78 is 5.34. The average molecular weight is 175 g/mol. The Hall–Kier alpha value is -1.70. The molecule has 1 rings (SSSR count). The van der Waals surface area contributed by atoms with Crippen LogP contribution in [0.25, 0.3) is 0 Å². The second kappa shape index (κ2) is 5.04. The molecule has 0 saturated carbocycles. The molecule has 0 radical (unpaired) electrons. The van der Waals surface area contributed by atoms with Crippen molar-refractivity contribution < 1.29 is 4.74 Å². The molecule has 2 heteroatoms. The van der Waals surface area contributed by atoms with Crippen LogP contribution in [0.15, 0.2) is 54.9 Å². The molecule has 0 aliphatic heterocycles. The van der Waals surface area contributed by atoms with Crippen LogP contribution < -0.4 is 5.73 Å². The second-order valence-corrected chi connectivity index (χ2v) is 2.55. The Morgan fingerprint density at radius 3 is 2.62 bits per heavy atom. The molecule has 1 aromatic rings. The largest absolute Gasteiger partial charge is 0.487 e. The van der Waals surface area contributed by atoms with Crippen molar-refractivity contribution in [1.29, 1.82) is 0 Å². The van der Waals surface area contributed by atoms with E-state index in [2.05, 4.69) is 6.58 Å². The second-order valence-electron chi connectivity index (χ2n) is 2.55. The van der Waals surface area contributed by atoms with Gasteiger partial charge in [-0.1, -0.05) is 36.9 Å². The van der Waals surface area contributed by atoms with E-state index >= 15 is 0 Å². The normalized spacial score (nSPS) is 10.9. The Balaban J connectivity index is 2.48. The minimum atomic E-state index is 0.524. The van der Waals surface area contributed by atoms with Crippen molar-refractivity contribution in [3.05, 3.63) is 60.5 Å². The molecule has 0 bridgehead atoms. The molecule has 0 aromatic heterocycles. The summed E-state index contributed by atoms with van der Waals surface area (Å²) >= 11 is 0. The van der Waals surface area contributed by atoms with E-state index in [1.165, 1.54) is 6.20 Å². The van der Waals surface area contributed by atoms with Gasteiger partial charge in [-0.15, -0.1) is 0 Å². The van der Waals surface area contributed by atoms with E-state index < -0.39 is 0 Å². The highest BCUT2D eigenvalue weighted by Gasteiger charge is 1.92. The van der Waals surface area contributed by atoms with Gasteiger partial charge in [0, 0.05) is 6.20 Å². The third-order valence-electron chi connectivity index (χ3n) is 1.61. The number of hydrogen-bond donors (Lipinski definition) is 1. The lowest BCUT2D eigenvalue weighted by Gasteiger charge is -2.05. The summed E-state index contributed by atoms with van der Waals surface area (Å²) in [5.41, 5.74) is 6.40. The standard InChI is InChI=1S/C11H13NO/c1-2-11(8-12)13-9-10-6-4-3-5-7-10/h2-8H,1,9,12H2/b11-8+. The third-order valence-corrected chi connectivity index (χ3v) is 1.61. The highest BCUT2D eigenvalue weighted by molar-refractivity contribution is 5.15. The molecule has 0 saturated heterocycles. The number of rotatable bonds is 4. The van der Waals surface area contributed by atoms with Crippen LogP contribution in [-0.2, 0) is 11.3 Å². The molecule has 1 aromatic carbocycles. The monoisotopic (exact) mass is 175 g/mol. The summed E-state index contributed by atoms with van der Waals surface area (Å²) in [6.45, 7) is 4.09. The number of hydrogen-bond acceptors (Lipinski definition) is 2. The van der Waals surface area contributed by atoms with Gasteiger partial charge in [-0.2, -0.15) is 0 Å². The fourth-order valence-electron chi connectivity index (χ4n) is 0.916. The van der Waals surface area contributed by atoms with Crippen molar-refractivity contribution in [2.75, 3.05) is 0 Å². The van der Waals surface area contributed by atoms with Crippen molar-refractivity contribution in [2.24, 2.45) is 5.73 Å². The maximum atomic E-state index is 5.34. The molecule has 2 nitrogen and oxygen atoms in total. The molecule has 0 unspecified atom stereocenters. The van der Waals surface area contributed by atoms with Crippen molar-refractivity contribution in [3.8, 4) is 0 Å². The summed E-state index contributed by atoms with van der Waals surface area (Å²) in [7, 11) is 0. The van der Waals surface area contributed by atoms with Gasteiger partial charge in [0.15, 0.2) is 0 Å². The quantitative estimate of drug-likeness (QED) is 0.562. The number of allylic oxidation sites excluding steroid dienone is 1. The minimum Gasteiger partial charge on any atom is -0.487 e. The lowest BCUT2D eigenvalue weighted by atomic mass is 10.2. The first-order valence-electron chi connectivity index (χ1n) is 4.08. The third kappa shape index (κ3) is 3.03. The number of nitrogens with two attached hydrogens (primary N) is 1. The highest BCUT2D eigenvalue weighted by atomic mass is 16.5. The van der Waals surface area contributed by atoms with Gasteiger partial charge >= 0.3 is 0 Å². The van der Waals surface area contributed by atoms with E-state index in [1.54, 1.807) is 6.08 Å². The molecule has 0 spiro atoms. The molecule has 0 fully saturated rings. The van der Waals surface area contributed by atoms with E-state index in [0.717, 1.165) is 5.56 Å². The zero-order chi connectivity index (χ0) is 9.52. The summed E-state index contributed by atoms with van der Waals surface area (Å²) in [6, 6.07) is 9.90. The fraction of sp³-hybridized carbons (Fsp3) is 0.0909. The molecule has 0 aliphatic carbocycles. The lowest BCUT2D eigenvalue weighted by Crippen LogP contribution is -1.94. The van der Waals surface area contributed by atoms with Gasteiger partial charge in [-0.3, -0.25) is 0 Å². The topological polar surface area (TPSA) is 35.2 Å². The van der Waals surface area contributed by atoms with Gasteiger partial charge < -0.3 is 10.5 Å². The SMILES string of the molecule is C=C/C(=C\N)OCc1ccccc1. The summed E-state index contributed by atoms with van der Waals surface area (Å²) in [6.07, 6.45) is 2.98. The summed E-state index contributed by atoms with van der Waals surface area (Å²) in [5.74, 6) is 0.601. The van der Waals surface area contributed by atoms with Crippen molar-refractivity contribution >= 4 is 0 Å². The van der Waals surface area contributed by atoms with Crippen LogP contribution in [0.4, 0.5) is 0 Å². The van der Waals surface area contributed by atoms with Gasteiger partial charge in [0.25, 0.3) is 0 Å². The van der Waals surface area contributed by atoms with E-state index in [4.69, 9.17) is 10.5 Å². The minimum absolute atomic E-state index is 0.524. The van der Waals surface area contributed by atoms with Crippen LogP contribution in [-0.4, -0.2) is 0 Å². The van der Waals surface area contributed by atoms with E-state index in [-0.39, 0.29) is 0 Å². The Bertz CT molecular complexity index is 290. The molecule has 2 N–H and O–H groups in total. The number of benzene rings is 1. The maximum absolute atomic E-state index is 5.34. The fourth-order valence-corrected chi connectivity index (χ4v) is 0.916. The Morgan fingerprint density at radius 2 is 2.08 bits per heavy atom. The van der Waals surface area contributed by atoms with Gasteiger partial charge in [0.05, 0.1) is 0 Å². The molecule has 13 heavy (non-hydrogen) atoms. The van der Waals surface area contributed by atoms with Crippen LogP contribution in [0, 0.1) is 0 Å². The van der Waals surface area contributed by atoms with Crippen LogP contribution in [0.5, 0.6) is 0 Å². The first-order valence-corrected chi connectivity index (χ1v) is 4.08.